The van der Waals surface area contributed by atoms with E-state index in [2.05, 4.69) is 5.32 Å². The van der Waals surface area contributed by atoms with E-state index in [0.717, 1.165) is 32.2 Å². The van der Waals surface area contributed by atoms with Crippen LogP contribution in [0.3, 0.4) is 0 Å². The van der Waals surface area contributed by atoms with Crippen LogP contribution >= 0.6 is 0 Å². The highest BCUT2D eigenvalue weighted by Crippen LogP contribution is 2.20. The SMILES string of the molecule is CCOC(=O)N1CCC(NC(=O)C2CCCN(C(=O)C(C)C)C2)CC1. The van der Waals surface area contributed by atoms with Gasteiger partial charge in [0.2, 0.25) is 11.8 Å². The maximum atomic E-state index is 12.6. The Bertz CT molecular complexity index is 487. The van der Waals surface area contributed by atoms with Crippen molar-refractivity contribution in [2.75, 3.05) is 32.8 Å². The Morgan fingerprint density at radius 1 is 1.08 bits per heavy atom. The number of carbonyl (C=O) groups excluding carboxylic acids is 3. The number of nitrogens with zero attached hydrogens (tertiary/aromatic N) is 2. The van der Waals surface area contributed by atoms with Crippen molar-refractivity contribution in [1.82, 2.24) is 15.1 Å². The topological polar surface area (TPSA) is 79.0 Å². The van der Waals surface area contributed by atoms with E-state index in [1.807, 2.05) is 18.7 Å². The molecule has 2 heterocycles. The van der Waals surface area contributed by atoms with Gasteiger partial charge < -0.3 is 19.9 Å². The standard InChI is InChI=1S/C18H31N3O4/c1-4-25-18(24)20-10-7-15(8-11-20)19-16(22)14-6-5-9-21(12-14)17(23)13(2)3/h13-15H,4-12H2,1-3H3,(H,19,22). The second-order valence-electron chi connectivity index (χ2n) is 7.25. The van der Waals surface area contributed by atoms with Crippen molar-refractivity contribution in [3.05, 3.63) is 0 Å². The third-order valence-electron chi connectivity index (χ3n) is 4.97. The quantitative estimate of drug-likeness (QED) is 0.833. The van der Waals surface area contributed by atoms with E-state index >= 15 is 0 Å². The first kappa shape index (κ1) is 19.5. The summed E-state index contributed by atoms with van der Waals surface area (Å²) in [5.74, 6) is 0.00429. The number of hydrogen-bond acceptors (Lipinski definition) is 4. The van der Waals surface area contributed by atoms with Crippen molar-refractivity contribution < 1.29 is 19.1 Å². The highest BCUT2D eigenvalue weighted by atomic mass is 16.6. The third-order valence-corrected chi connectivity index (χ3v) is 4.97. The molecule has 0 aromatic heterocycles. The van der Waals surface area contributed by atoms with Gasteiger partial charge in [-0.25, -0.2) is 4.79 Å². The number of hydrogen-bond donors (Lipinski definition) is 1. The molecule has 1 unspecified atom stereocenters. The lowest BCUT2D eigenvalue weighted by Gasteiger charge is -2.35. The largest absolute Gasteiger partial charge is 0.450 e. The summed E-state index contributed by atoms with van der Waals surface area (Å²) in [5.41, 5.74) is 0. The summed E-state index contributed by atoms with van der Waals surface area (Å²) in [6.07, 6.45) is 2.91. The van der Waals surface area contributed by atoms with Crippen LogP contribution < -0.4 is 5.32 Å². The predicted octanol–water partition coefficient (Wildman–Crippen LogP) is 1.62. The molecule has 3 amide bonds. The Morgan fingerprint density at radius 3 is 2.36 bits per heavy atom. The highest BCUT2D eigenvalue weighted by molar-refractivity contribution is 5.82. The summed E-state index contributed by atoms with van der Waals surface area (Å²) in [5, 5.41) is 3.11. The predicted molar refractivity (Wildman–Crippen MR) is 93.9 cm³/mol. The lowest BCUT2D eigenvalue weighted by Crippen LogP contribution is -2.51. The van der Waals surface area contributed by atoms with E-state index in [0.29, 0.717) is 26.2 Å². The fourth-order valence-electron chi connectivity index (χ4n) is 3.50. The molecule has 1 atom stereocenters. The van der Waals surface area contributed by atoms with Crippen LogP contribution in [0.25, 0.3) is 0 Å². The minimum atomic E-state index is -0.276. The Balaban J connectivity index is 1.78. The van der Waals surface area contributed by atoms with E-state index in [1.165, 1.54) is 0 Å². The van der Waals surface area contributed by atoms with Gasteiger partial charge in [-0.3, -0.25) is 9.59 Å². The van der Waals surface area contributed by atoms with Gasteiger partial charge in [-0.05, 0) is 32.6 Å². The second-order valence-corrected chi connectivity index (χ2v) is 7.25. The van der Waals surface area contributed by atoms with Crippen molar-refractivity contribution in [1.29, 1.82) is 0 Å². The van der Waals surface area contributed by atoms with E-state index < -0.39 is 0 Å². The summed E-state index contributed by atoms with van der Waals surface area (Å²) in [4.78, 5) is 39.9. The minimum Gasteiger partial charge on any atom is -0.450 e. The Hall–Kier alpha value is -1.79. The second kappa shape index (κ2) is 9.06. The fourth-order valence-corrected chi connectivity index (χ4v) is 3.50. The third kappa shape index (κ3) is 5.34. The summed E-state index contributed by atoms with van der Waals surface area (Å²) >= 11 is 0. The average Bonchev–Trinajstić information content (AvgIpc) is 2.61. The minimum absolute atomic E-state index is 0.0333. The zero-order chi connectivity index (χ0) is 18.4. The molecular formula is C18H31N3O4. The fraction of sp³-hybridized carbons (Fsp3) is 0.833. The molecule has 0 bridgehead atoms. The summed E-state index contributed by atoms with van der Waals surface area (Å²) in [6.45, 7) is 8.43. The number of amides is 3. The maximum absolute atomic E-state index is 12.6. The molecule has 0 aromatic carbocycles. The van der Waals surface area contributed by atoms with Crippen molar-refractivity contribution >= 4 is 17.9 Å². The zero-order valence-corrected chi connectivity index (χ0v) is 15.6. The lowest BCUT2D eigenvalue weighted by atomic mass is 9.95. The number of nitrogens with one attached hydrogen (secondary N) is 1. The van der Waals surface area contributed by atoms with Crippen LogP contribution in [0.5, 0.6) is 0 Å². The summed E-state index contributed by atoms with van der Waals surface area (Å²) < 4.78 is 5.01. The van der Waals surface area contributed by atoms with Crippen molar-refractivity contribution in [3.8, 4) is 0 Å². The molecule has 1 N–H and O–H groups in total. The van der Waals surface area contributed by atoms with E-state index in [9.17, 15) is 14.4 Å². The molecule has 0 saturated carbocycles. The van der Waals surface area contributed by atoms with Gasteiger partial charge in [0.15, 0.2) is 0 Å². The number of ether oxygens (including phenoxy) is 1. The van der Waals surface area contributed by atoms with Gasteiger partial charge in [0, 0.05) is 38.1 Å². The number of carbonyl (C=O) groups is 3. The van der Waals surface area contributed by atoms with E-state index in [1.54, 1.807) is 11.8 Å². The molecule has 2 aliphatic rings. The molecule has 2 aliphatic heterocycles. The lowest BCUT2D eigenvalue weighted by molar-refractivity contribution is -0.138. The van der Waals surface area contributed by atoms with Crippen molar-refractivity contribution in [2.45, 2.75) is 52.5 Å². The van der Waals surface area contributed by atoms with Gasteiger partial charge in [-0.2, -0.15) is 0 Å². The van der Waals surface area contributed by atoms with Crippen molar-refractivity contribution in [3.63, 3.8) is 0 Å². The number of piperidine rings is 2. The zero-order valence-electron chi connectivity index (χ0n) is 15.6. The summed E-state index contributed by atoms with van der Waals surface area (Å²) in [7, 11) is 0. The van der Waals surface area contributed by atoms with Crippen molar-refractivity contribution in [2.24, 2.45) is 11.8 Å². The summed E-state index contributed by atoms with van der Waals surface area (Å²) in [6, 6.07) is 0.0920. The molecule has 2 saturated heterocycles. The van der Waals surface area contributed by atoms with Gasteiger partial charge in [0.1, 0.15) is 0 Å². The van der Waals surface area contributed by atoms with E-state index in [4.69, 9.17) is 4.74 Å². The molecule has 0 radical (unpaired) electrons. The molecule has 2 rings (SSSR count). The molecule has 7 nitrogen and oxygen atoms in total. The highest BCUT2D eigenvalue weighted by Gasteiger charge is 2.31. The molecule has 25 heavy (non-hydrogen) atoms. The van der Waals surface area contributed by atoms with Crippen LogP contribution in [0.2, 0.25) is 0 Å². The average molecular weight is 353 g/mol. The Labute approximate surface area is 150 Å². The Kier molecular flexibility index (Phi) is 7.08. The molecule has 0 aromatic rings. The van der Waals surface area contributed by atoms with Gasteiger partial charge in [-0.1, -0.05) is 13.8 Å². The molecular weight excluding hydrogens is 322 g/mol. The van der Waals surface area contributed by atoms with Gasteiger partial charge in [-0.15, -0.1) is 0 Å². The van der Waals surface area contributed by atoms with Crippen LogP contribution in [0, 0.1) is 11.8 Å². The molecule has 2 fully saturated rings. The smallest absolute Gasteiger partial charge is 0.409 e. The number of likely N-dealkylation sites (tertiary alicyclic amines) is 2. The normalized spacial score (nSPS) is 22.0. The molecule has 142 valence electrons. The first-order valence-electron chi connectivity index (χ1n) is 9.43. The van der Waals surface area contributed by atoms with Crippen LogP contribution in [-0.4, -0.2) is 66.5 Å². The Morgan fingerprint density at radius 2 is 1.76 bits per heavy atom. The first-order valence-corrected chi connectivity index (χ1v) is 9.43. The van der Waals surface area contributed by atoms with Crippen LogP contribution in [0.4, 0.5) is 4.79 Å². The maximum Gasteiger partial charge on any atom is 0.409 e. The molecule has 7 heteroatoms. The van der Waals surface area contributed by atoms with E-state index in [-0.39, 0.29) is 35.8 Å². The van der Waals surface area contributed by atoms with Crippen LogP contribution in [0.1, 0.15) is 46.5 Å². The monoisotopic (exact) mass is 353 g/mol. The number of rotatable bonds is 4. The molecule has 0 spiro atoms. The molecule has 0 aliphatic carbocycles. The van der Waals surface area contributed by atoms with Crippen LogP contribution in [-0.2, 0) is 14.3 Å². The van der Waals surface area contributed by atoms with Gasteiger partial charge >= 0.3 is 6.09 Å². The first-order chi connectivity index (χ1) is 11.9. The van der Waals surface area contributed by atoms with Gasteiger partial charge in [0.05, 0.1) is 12.5 Å². The van der Waals surface area contributed by atoms with Crippen LogP contribution in [0.15, 0.2) is 0 Å². The van der Waals surface area contributed by atoms with Gasteiger partial charge in [0.25, 0.3) is 0 Å².